The van der Waals surface area contributed by atoms with Crippen LogP contribution in [0.5, 0.6) is 0 Å². The van der Waals surface area contributed by atoms with Crippen LogP contribution in [-0.2, 0) is 0 Å². The van der Waals surface area contributed by atoms with Crippen LogP contribution in [0.3, 0.4) is 0 Å². The van der Waals surface area contributed by atoms with Crippen LogP contribution in [0, 0.1) is 0 Å². The summed E-state index contributed by atoms with van der Waals surface area (Å²) in [5.41, 5.74) is 0. The predicted molar refractivity (Wildman–Crippen MR) is 55.1 cm³/mol. The molecule has 0 saturated heterocycles. The van der Waals surface area contributed by atoms with Gasteiger partial charge in [0.15, 0.2) is 0 Å². The van der Waals surface area contributed by atoms with E-state index in [1.807, 2.05) is 6.08 Å². The molecule has 0 aliphatic rings. The van der Waals surface area contributed by atoms with Gasteiger partial charge in [-0.05, 0) is 12.8 Å². The third-order valence-electron chi connectivity index (χ3n) is 1.01. The van der Waals surface area contributed by atoms with Gasteiger partial charge < -0.3 is 0 Å². The van der Waals surface area contributed by atoms with E-state index in [2.05, 4.69) is 50.6 Å². The van der Waals surface area contributed by atoms with E-state index in [-0.39, 0.29) is 0 Å². The molecule has 1 unspecified atom stereocenters. The lowest BCUT2D eigenvalue weighted by atomic mass is 10.3. The highest BCUT2D eigenvalue weighted by Crippen LogP contribution is 2.07. The first kappa shape index (κ1) is 10.4. The Labute approximate surface area is 79.6 Å². The minimum absolute atomic E-state index is 0.462. The second-order valence-electron chi connectivity index (χ2n) is 1.95. The van der Waals surface area contributed by atoms with E-state index >= 15 is 0 Å². The molecular weight excluding hydrogens is 256 g/mol. The summed E-state index contributed by atoms with van der Waals surface area (Å²) >= 11 is 6.85. The van der Waals surface area contributed by atoms with Crippen molar-refractivity contribution >= 4 is 31.9 Å². The van der Waals surface area contributed by atoms with Crippen LogP contribution >= 0.6 is 31.9 Å². The number of halogens is 2. The summed E-state index contributed by atoms with van der Waals surface area (Å²) in [5, 5.41) is 1.04. The molecule has 0 N–H and O–H groups in total. The molecule has 0 aromatic heterocycles. The normalized spacial score (nSPS) is 13.8. The van der Waals surface area contributed by atoms with Gasteiger partial charge in [0.25, 0.3) is 0 Å². The fourth-order valence-corrected chi connectivity index (χ4v) is 1.29. The second kappa shape index (κ2) is 7.55. The molecule has 0 aromatic rings. The van der Waals surface area contributed by atoms with Gasteiger partial charge in [-0.25, -0.2) is 0 Å². The smallest absolute Gasteiger partial charge is 0.0359 e. The molecule has 1 atom stereocenters. The molecule has 2 heteroatoms. The zero-order chi connectivity index (χ0) is 7.82. The van der Waals surface area contributed by atoms with Gasteiger partial charge in [0.1, 0.15) is 0 Å². The van der Waals surface area contributed by atoms with Crippen LogP contribution < -0.4 is 0 Å². The summed E-state index contributed by atoms with van der Waals surface area (Å²) in [5.74, 6) is 0. The average Bonchev–Trinajstić information content (AvgIpc) is 1.89. The number of rotatable bonds is 5. The number of alkyl halides is 2. The van der Waals surface area contributed by atoms with Gasteiger partial charge in [-0.3, -0.25) is 0 Å². The summed E-state index contributed by atoms with van der Waals surface area (Å²) in [4.78, 5) is 0.462. The molecular formula is C8H12Br2. The second-order valence-corrected chi connectivity index (χ2v) is 3.92. The van der Waals surface area contributed by atoms with Crippen molar-refractivity contribution in [3.63, 3.8) is 0 Å². The van der Waals surface area contributed by atoms with Crippen molar-refractivity contribution in [1.29, 1.82) is 0 Å². The van der Waals surface area contributed by atoms with Gasteiger partial charge in [0, 0.05) is 10.2 Å². The van der Waals surface area contributed by atoms with Crippen LogP contribution in [0.2, 0.25) is 0 Å². The van der Waals surface area contributed by atoms with E-state index in [1.165, 1.54) is 0 Å². The number of hydrogen-bond donors (Lipinski definition) is 0. The Morgan fingerprint density at radius 2 is 2.20 bits per heavy atom. The fourth-order valence-electron chi connectivity index (χ4n) is 0.545. The Morgan fingerprint density at radius 3 is 2.70 bits per heavy atom. The Balaban J connectivity index is 3.34. The lowest BCUT2D eigenvalue weighted by Crippen LogP contribution is -1.87. The molecule has 0 saturated carbocycles. The van der Waals surface area contributed by atoms with Crippen molar-refractivity contribution in [2.75, 3.05) is 5.33 Å². The molecule has 0 amide bonds. The third kappa shape index (κ3) is 6.56. The lowest BCUT2D eigenvalue weighted by molar-refractivity contribution is 1.08. The van der Waals surface area contributed by atoms with Crippen molar-refractivity contribution in [1.82, 2.24) is 0 Å². The van der Waals surface area contributed by atoms with E-state index in [1.54, 1.807) is 0 Å². The van der Waals surface area contributed by atoms with E-state index in [0.29, 0.717) is 4.83 Å². The summed E-state index contributed by atoms with van der Waals surface area (Å²) < 4.78 is 0. The molecule has 0 heterocycles. The zero-order valence-corrected chi connectivity index (χ0v) is 9.07. The molecule has 0 aromatic carbocycles. The Morgan fingerprint density at radius 1 is 1.50 bits per heavy atom. The van der Waals surface area contributed by atoms with Gasteiger partial charge in [0.2, 0.25) is 0 Å². The van der Waals surface area contributed by atoms with Crippen LogP contribution in [0.15, 0.2) is 24.8 Å². The molecule has 0 fully saturated rings. The number of hydrogen-bond acceptors (Lipinski definition) is 0. The van der Waals surface area contributed by atoms with E-state index in [9.17, 15) is 0 Å². The Kier molecular flexibility index (Phi) is 7.88. The molecule has 10 heavy (non-hydrogen) atoms. The summed E-state index contributed by atoms with van der Waals surface area (Å²) in [6, 6.07) is 0. The highest BCUT2D eigenvalue weighted by atomic mass is 79.9. The molecule has 0 aliphatic heterocycles. The Bertz CT molecular complexity index is 108. The minimum atomic E-state index is 0.462. The van der Waals surface area contributed by atoms with Gasteiger partial charge in [-0.1, -0.05) is 50.1 Å². The Hall–Kier alpha value is 0.440. The fraction of sp³-hybridized carbons (Fsp3) is 0.500. The minimum Gasteiger partial charge on any atom is -0.103 e. The van der Waals surface area contributed by atoms with Crippen LogP contribution in [0.1, 0.15) is 12.8 Å². The summed E-state index contributed by atoms with van der Waals surface area (Å²) in [6.45, 7) is 3.66. The SMILES string of the molecule is C=CCC(Br)C=CCCBr. The third-order valence-corrected chi connectivity index (χ3v) is 2.15. The molecule has 0 aliphatic carbocycles. The maximum Gasteiger partial charge on any atom is 0.0359 e. The average molecular weight is 268 g/mol. The van der Waals surface area contributed by atoms with Crippen molar-refractivity contribution in [3.05, 3.63) is 24.8 Å². The van der Waals surface area contributed by atoms with Crippen LogP contribution in [0.25, 0.3) is 0 Å². The first-order chi connectivity index (χ1) is 4.81. The molecule has 0 radical (unpaired) electrons. The van der Waals surface area contributed by atoms with Crippen LogP contribution in [0.4, 0.5) is 0 Å². The van der Waals surface area contributed by atoms with Gasteiger partial charge in [-0.15, -0.1) is 6.58 Å². The first-order valence-corrected chi connectivity index (χ1v) is 5.32. The van der Waals surface area contributed by atoms with Crippen molar-refractivity contribution in [3.8, 4) is 0 Å². The first-order valence-electron chi connectivity index (χ1n) is 3.29. The standard InChI is InChI=1S/C8H12Br2/c1-2-5-8(10)6-3-4-7-9/h2-3,6,8H,1,4-5,7H2. The molecule has 0 rings (SSSR count). The highest BCUT2D eigenvalue weighted by molar-refractivity contribution is 9.09. The topological polar surface area (TPSA) is 0 Å². The van der Waals surface area contributed by atoms with Crippen molar-refractivity contribution in [2.24, 2.45) is 0 Å². The van der Waals surface area contributed by atoms with E-state index in [0.717, 1.165) is 18.2 Å². The number of allylic oxidation sites excluding steroid dienone is 3. The van der Waals surface area contributed by atoms with E-state index < -0.39 is 0 Å². The zero-order valence-electron chi connectivity index (χ0n) is 5.89. The molecule has 58 valence electrons. The summed E-state index contributed by atoms with van der Waals surface area (Å²) in [7, 11) is 0. The maximum atomic E-state index is 3.66. The van der Waals surface area contributed by atoms with Crippen molar-refractivity contribution < 1.29 is 0 Å². The monoisotopic (exact) mass is 266 g/mol. The van der Waals surface area contributed by atoms with Crippen LogP contribution in [-0.4, -0.2) is 10.2 Å². The molecule has 0 spiro atoms. The highest BCUT2D eigenvalue weighted by Gasteiger charge is 1.92. The molecule has 0 nitrogen and oxygen atoms in total. The van der Waals surface area contributed by atoms with E-state index in [4.69, 9.17) is 0 Å². The molecule has 0 bridgehead atoms. The lowest BCUT2D eigenvalue weighted by Gasteiger charge is -1.96. The quantitative estimate of drug-likeness (QED) is 0.527. The van der Waals surface area contributed by atoms with Crippen molar-refractivity contribution in [2.45, 2.75) is 17.7 Å². The maximum absolute atomic E-state index is 3.66. The van der Waals surface area contributed by atoms with Gasteiger partial charge >= 0.3 is 0 Å². The van der Waals surface area contributed by atoms with Gasteiger partial charge in [0.05, 0.1) is 0 Å². The van der Waals surface area contributed by atoms with Gasteiger partial charge in [-0.2, -0.15) is 0 Å². The summed E-state index contributed by atoms with van der Waals surface area (Å²) in [6.07, 6.45) is 8.33. The largest absolute Gasteiger partial charge is 0.103 e. The predicted octanol–water partition coefficient (Wildman–Crippen LogP) is 3.67.